The van der Waals surface area contributed by atoms with Crippen LogP contribution in [0.3, 0.4) is 0 Å². The molecule has 0 aliphatic heterocycles. The molecule has 0 saturated heterocycles. The Morgan fingerprint density at radius 2 is 1.89 bits per heavy atom. The highest BCUT2D eigenvalue weighted by atomic mass is 15.2. The summed E-state index contributed by atoms with van der Waals surface area (Å²) in [6.07, 6.45) is 3.33. The highest BCUT2D eigenvalue weighted by molar-refractivity contribution is 5.08. The molecule has 104 valence electrons. The highest BCUT2D eigenvalue weighted by Gasteiger charge is 2.35. The highest BCUT2D eigenvalue weighted by Crippen LogP contribution is 2.26. The fourth-order valence-electron chi connectivity index (χ4n) is 2.42. The van der Waals surface area contributed by atoms with Crippen molar-refractivity contribution in [2.24, 2.45) is 5.92 Å². The fourth-order valence-corrected chi connectivity index (χ4v) is 2.42. The largest absolute Gasteiger partial charge is 0.301 e. The Bertz CT molecular complexity index is 303. The maximum atomic E-state index is 9.41. The van der Waals surface area contributed by atoms with Gasteiger partial charge < -0.3 is 4.90 Å². The molecule has 0 aromatic carbocycles. The summed E-state index contributed by atoms with van der Waals surface area (Å²) in [6.45, 7) is 11.0. The second kappa shape index (κ2) is 6.04. The molecule has 3 unspecified atom stereocenters. The van der Waals surface area contributed by atoms with Crippen LogP contribution in [-0.2, 0) is 0 Å². The van der Waals surface area contributed by atoms with E-state index in [0.29, 0.717) is 24.0 Å². The van der Waals surface area contributed by atoms with E-state index >= 15 is 0 Å². The van der Waals surface area contributed by atoms with E-state index in [-0.39, 0.29) is 5.54 Å². The van der Waals surface area contributed by atoms with Gasteiger partial charge in [0, 0.05) is 18.1 Å². The third-order valence-electron chi connectivity index (χ3n) is 4.35. The van der Waals surface area contributed by atoms with Crippen LogP contribution in [0, 0.1) is 17.2 Å². The maximum Gasteiger partial charge on any atom is 0.105 e. The average molecular weight is 251 g/mol. The van der Waals surface area contributed by atoms with Crippen LogP contribution in [0.1, 0.15) is 53.9 Å². The molecule has 0 aromatic heterocycles. The van der Waals surface area contributed by atoms with Crippen molar-refractivity contribution < 1.29 is 0 Å². The quantitative estimate of drug-likeness (QED) is 0.756. The van der Waals surface area contributed by atoms with Gasteiger partial charge in [-0.1, -0.05) is 13.8 Å². The summed E-state index contributed by atoms with van der Waals surface area (Å²) in [5.74, 6) is 0.641. The second-order valence-electron chi connectivity index (χ2n) is 6.57. The van der Waals surface area contributed by atoms with Crippen LogP contribution in [0.15, 0.2) is 0 Å². The van der Waals surface area contributed by atoms with Crippen LogP contribution in [0.2, 0.25) is 0 Å². The molecule has 0 radical (unpaired) electrons. The van der Waals surface area contributed by atoms with Gasteiger partial charge in [-0.15, -0.1) is 0 Å². The molecule has 0 spiro atoms. The summed E-state index contributed by atoms with van der Waals surface area (Å²) in [7, 11) is 2.17. The molecule has 0 bridgehead atoms. The van der Waals surface area contributed by atoms with Gasteiger partial charge in [0.1, 0.15) is 5.54 Å². The lowest BCUT2D eigenvalue weighted by molar-refractivity contribution is 0.135. The lowest BCUT2D eigenvalue weighted by atomic mass is 9.92. The summed E-state index contributed by atoms with van der Waals surface area (Å²) in [6, 6.07) is 4.00. The molecule has 0 aromatic rings. The Morgan fingerprint density at radius 1 is 1.33 bits per heavy atom. The number of nitrogens with zero attached hydrogens (tertiary/aromatic N) is 2. The summed E-state index contributed by atoms with van der Waals surface area (Å²) in [5, 5.41) is 12.9. The Morgan fingerprint density at radius 3 is 2.28 bits per heavy atom. The van der Waals surface area contributed by atoms with Crippen LogP contribution < -0.4 is 5.32 Å². The van der Waals surface area contributed by atoms with E-state index in [1.54, 1.807) is 0 Å². The average Bonchev–Trinajstić information content (AvgIpc) is 3.10. The topological polar surface area (TPSA) is 39.1 Å². The van der Waals surface area contributed by atoms with Gasteiger partial charge in [-0.2, -0.15) is 5.26 Å². The first-order valence-corrected chi connectivity index (χ1v) is 7.20. The van der Waals surface area contributed by atoms with Gasteiger partial charge in [-0.3, -0.25) is 5.32 Å². The zero-order chi connectivity index (χ0) is 13.9. The van der Waals surface area contributed by atoms with Crippen molar-refractivity contribution in [3.8, 4) is 6.07 Å². The minimum atomic E-state index is -0.383. The van der Waals surface area contributed by atoms with Gasteiger partial charge in [0.15, 0.2) is 0 Å². The molecule has 0 amide bonds. The molecule has 3 heteroatoms. The molecule has 0 heterocycles. The molecule has 3 nitrogen and oxygen atoms in total. The molecule has 1 saturated carbocycles. The van der Waals surface area contributed by atoms with Crippen molar-refractivity contribution in [3.05, 3.63) is 0 Å². The monoisotopic (exact) mass is 251 g/mol. The first-order chi connectivity index (χ1) is 8.29. The van der Waals surface area contributed by atoms with Gasteiger partial charge in [-0.05, 0) is 53.0 Å². The first kappa shape index (κ1) is 15.5. The summed E-state index contributed by atoms with van der Waals surface area (Å²) in [5.41, 5.74) is -0.383. The molecule has 18 heavy (non-hydrogen) atoms. The number of hydrogen-bond donors (Lipinski definition) is 1. The Labute approximate surface area is 113 Å². The van der Waals surface area contributed by atoms with Crippen molar-refractivity contribution in [2.45, 2.75) is 77.5 Å². The molecular weight excluding hydrogens is 222 g/mol. The van der Waals surface area contributed by atoms with Crippen LogP contribution in [-0.4, -0.2) is 35.6 Å². The van der Waals surface area contributed by atoms with E-state index in [1.165, 1.54) is 12.8 Å². The van der Waals surface area contributed by atoms with Gasteiger partial charge in [0.05, 0.1) is 6.07 Å². The predicted molar refractivity (Wildman–Crippen MR) is 76.3 cm³/mol. The Hall–Kier alpha value is -0.590. The molecule has 1 N–H and O–H groups in total. The normalized spacial score (nSPS) is 22.6. The SMILES string of the molecule is CC(C)C(C)N(C)C(C)CC(C)(C#N)NC1CC1. The molecule has 3 atom stereocenters. The molecule has 1 aliphatic rings. The Kier molecular flexibility index (Phi) is 5.19. The fraction of sp³-hybridized carbons (Fsp3) is 0.933. The third-order valence-corrected chi connectivity index (χ3v) is 4.35. The second-order valence-corrected chi connectivity index (χ2v) is 6.57. The smallest absolute Gasteiger partial charge is 0.105 e. The van der Waals surface area contributed by atoms with Crippen molar-refractivity contribution in [1.29, 1.82) is 5.26 Å². The molecule has 1 fully saturated rings. The molecular formula is C15H29N3. The zero-order valence-corrected chi connectivity index (χ0v) is 12.8. The van der Waals surface area contributed by atoms with Gasteiger partial charge in [-0.25, -0.2) is 0 Å². The van der Waals surface area contributed by atoms with E-state index in [1.807, 2.05) is 6.92 Å². The van der Waals surface area contributed by atoms with Gasteiger partial charge in [0.25, 0.3) is 0 Å². The van der Waals surface area contributed by atoms with Crippen LogP contribution in [0.5, 0.6) is 0 Å². The van der Waals surface area contributed by atoms with E-state index in [9.17, 15) is 5.26 Å². The van der Waals surface area contributed by atoms with Gasteiger partial charge >= 0.3 is 0 Å². The number of nitrogens with one attached hydrogen (secondary N) is 1. The van der Waals surface area contributed by atoms with E-state index in [4.69, 9.17) is 0 Å². The molecule has 1 rings (SSSR count). The Balaban J connectivity index is 2.55. The first-order valence-electron chi connectivity index (χ1n) is 7.20. The zero-order valence-electron chi connectivity index (χ0n) is 12.8. The van der Waals surface area contributed by atoms with E-state index < -0.39 is 0 Å². The number of nitriles is 1. The summed E-state index contributed by atoms with van der Waals surface area (Å²) >= 11 is 0. The van der Waals surface area contributed by atoms with Crippen molar-refractivity contribution in [1.82, 2.24) is 10.2 Å². The van der Waals surface area contributed by atoms with Crippen LogP contribution in [0.4, 0.5) is 0 Å². The number of rotatable bonds is 7. The predicted octanol–water partition coefficient (Wildman–Crippen LogP) is 2.78. The summed E-state index contributed by atoms with van der Waals surface area (Å²) in [4.78, 5) is 2.40. The van der Waals surface area contributed by atoms with Crippen LogP contribution >= 0.6 is 0 Å². The third kappa shape index (κ3) is 4.26. The standard InChI is InChI=1S/C15H29N3/c1-11(2)13(4)18(6)12(3)9-15(5,10-16)17-14-7-8-14/h11-14,17H,7-9H2,1-6H3. The van der Waals surface area contributed by atoms with Crippen LogP contribution in [0.25, 0.3) is 0 Å². The van der Waals surface area contributed by atoms with E-state index in [2.05, 4.69) is 51.0 Å². The minimum absolute atomic E-state index is 0.383. The lowest BCUT2D eigenvalue weighted by Crippen LogP contribution is -2.49. The summed E-state index contributed by atoms with van der Waals surface area (Å²) < 4.78 is 0. The maximum absolute atomic E-state index is 9.41. The van der Waals surface area contributed by atoms with Crippen molar-refractivity contribution >= 4 is 0 Å². The lowest BCUT2D eigenvalue weighted by Gasteiger charge is -2.37. The molecule has 1 aliphatic carbocycles. The number of hydrogen-bond acceptors (Lipinski definition) is 3. The van der Waals surface area contributed by atoms with Crippen molar-refractivity contribution in [3.63, 3.8) is 0 Å². The van der Waals surface area contributed by atoms with Gasteiger partial charge in [0.2, 0.25) is 0 Å². The van der Waals surface area contributed by atoms with Crippen molar-refractivity contribution in [2.75, 3.05) is 7.05 Å². The van der Waals surface area contributed by atoms with E-state index in [0.717, 1.165) is 6.42 Å². The minimum Gasteiger partial charge on any atom is -0.301 e.